The van der Waals surface area contributed by atoms with Gasteiger partial charge in [-0.2, -0.15) is 5.10 Å². The first-order valence-corrected chi connectivity index (χ1v) is 7.39. The monoisotopic (exact) mass is 286 g/mol. The third-order valence-corrected chi connectivity index (χ3v) is 3.40. The molecule has 0 atom stereocenters. The van der Waals surface area contributed by atoms with E-state index in [1.807, 2.05) is 12.1 Å². The SMILES string of the molecule is CCc1c(NC(=O)CCC(C)C)n[nH]c1-c1ccncc1. The van der Waals surface area contributed by atoms with Crippen LogP contribution in [-0.2, 0) is 11.2 Å². The van der Waals surface area contributed by atoms with Crippen LogP contribution in [-0.4, -0.2) is 21.1 Å². The molecule has 0 radical (unpaired) electrons. The Hall–Kier alpha value is -2.17. The van der Waals surface area contributed by atoms with Crippen LogP contribution < -0.4 is 5.32 Å². The molecular weight excluding hydrogens is 264 g/mol. The van der Waals surface area contributed by atoms with Gasteiger partial charge in [-0.05, 0) is 30.9 Å². The van der Waals surface area contributed by atoms with Crippen molar-refractivity contribution >= 4 is 11.7 Å². The van der Waals surface area contributed by atoms with Crippen molar-refractivity contribution in [2.24, 2.45) is 5.92 Å². The highest BCUT2D eigenvalue weighted by Gasteiger charge is 2.15. The Morgan fingerprint density at radius 2 is 2.05 bits per heavy atom. The summed E-state index contributed by atoms with van der Waals surface area (Å²) in [5.41, 5.74) is 3.00. The van der Waals surface area contributed by atoms with E-state index >= 15 is 0 Å². The van der Waals surface area contributed by atoms with Crippen molar-refractivity contribution in [1.29, 1.82) is 0 Å². The standard InChI is InChI=1S/C16H22N4O/c1-4-13-15(12-7-9-17-10-8-12)19-20-16(13)18-14(21)6-5-11(2)3/h7-11H,4-6H2,1-3H3,(H2,18,19,20,21). The lowest BCUT2D eigenvalue weighted by Gasteiger charge is -2.07. The topological polar surface area (TPSA) is 70.7 Å². The van der Waals surface area contributed by atoms with Gasteiger partial charge in [-0.1, -0.05) is 20.8 Å². The Bertz CT molecular complexity index is 590. The largest absolute Gasteiger partial charge is 0.309 e. The summed E-state index contributed by atoms with van der Waals surface area (Å²) in [6, 6.07) is 3.86. The van der Waals surface area contributed by atoms with Gasteiger partial charge in [0.2, 0.25) is 5.91 Å². The minimum absolute atomic E-state index is 0.0196. The molecule has 112 valence electrons. The fraction of sp³-hybridized carbons (Fsp3) is 0.438. The Morgan fingerprint density at radius 1 is 1.33 bits per heavy atom. The first-order chi connectivity index (χ1) is 10.1. The number of amides is 1. The summed E-state index contributed by atoms with van der Waals surface area (Å²) < 4.78 is 0. The molecule has 2 aromatic heterocycles. The van der Waals surface area contributed by atoms with Crippen LogP contribution in [0.1, 0.15) is 39.2 Å². The molecule has 0 aliphatic heterocycles. The van der Waals surface area contributed by atoms with Crippen LogP contribution in [0, 0.1) is 5.92 Å². The molecule has 2 aromatic rings. The summed E-state index contributed by atoms with van der Waals surface area (Å²) in [6.45, 7) is 6.28. The molecule has 0 unspecified atom stereocenters. The Kier molecular flexibility index (Phi) is 5.09. The number of H-pyrrole nitrogens is 1. The van der Waals surface area contributed by atoms with Crippen molar-refractivity contribution in [1.82, 2.24) is 15.2 Å². The van der Waals surface area contributed by atoms with Crippen molar-refractivity contribution in [3.05, 3.63) is 30.1 Å². The van der Waals surface area contributed by atoms with Crippen molar-refractivity contribution in [2.45, 2.75) is 40.0 Å². The number of pyridine rings is 1. The van der Waals surface area contributed by atoms with E-state index in [0.717, 1.165) is 29.7 Å². The second-order valence-corrected chi connectivity index (χ2v) is 5.50. The average Bonchev–Trinajstić information content (AvgIpc) is 2.88. The van der Waals surface area contributed by atoms with Gasteiger partial charge in [0, 0.05) is 29.9 Å². The molecule has 0 spiro atoms. The Labute approximate surface area is 125 Å². The highest BCUT2D eigenvalue weighted by atomic mass is 16.1. The number of anilines is 1. The molecule has 21 heavy (non-hydrogen) atoms. The summed E-state index contributed by atoms with van der Waals surface area (Å²) in [5, 5.41) is 10.2. The molecule has 2 N–H and O–H groups in total. The maximum absolute atomic E-state index is 12.0. The predicted octanol–water partition coefficient (Wildman–Crippen LogP) is 3.41. The number of hydrogen-bond donors (Lipinski definition) is 2. The molecule has 0 aliphatic carbocycles. The number of carbonyl (C=O) groups is 1. The third-order valence-electron chi connectivity index (χ3n) is 3.40. The summed E-state index contributed by atoms with van der Waals surface area (Å²) in [5.74, 6) is 1.18. The fourth-order valence-electron chi connectivity index (χ4n) is 2.18. The van der Waals surface area contributed by atoms with Crippen LogP contribution in [0.5, 0.6) is 0 Å². The smallest absolute Gasteiger partial charge is 0.225 e. The number of nitrogens with one attached hydrogen (secondary N) is 2. The first-order valence-electron chi connectivity index (χ1n) is 7.39. The summed E-state index contributed by atoms with van der Waals surface area (Å²) in [4.78, 5) is 16.0. The summed E-state index contributed by atoms with van der Waals surface area (Å²) >= 11 is 0. The number of aromatic amines is 1. The van der Waals surface area contributed by atoms with Crippen LogP contribution in [0.25, 0.3) is 11.3 Å². The Balaban J connectivity index is 2.15. The minimum Gasteiger partial charge on any atom is -0.309 e. The molecule has 0 aromatic carbocycles. The van der Waals surface area contributed by atoms with Crippen LogP contribution in [0.15, 0.2) is 24.5 Å². The zero-order valence-corrected chi connectivity index (χ0v) is 12.8. The second-order valence-electron chi connectivity index (χ2n) is 5.50. The maximum atomic E-state index is 12.0. The maximum Gasteiger partial charge on any atom is 0.225 e. The lowest BCUT2D eigenvalue weighted by atomic mass is 10.1. The number of nitrogens with zero attached hydrogens (tertiary/aromatic N) is 2. The number of rotatable bonds is 6. The summed E-state index contributed by atoms with van der Waals surface area (Å²) in [7, 11) is 0. The molecule has 2 heterocycles. The van der Waals surface area contributed by atoms with Gasteiger partial charge < -0.3 is 5.32 Å². The Morgan fingerprint density at radius 3 is 2.67 bits per heavy atom. The van der Waals surface area contributed by atoms with Gasteiger partial charge in [-0.3, -0.25) is 14.9 Å². The van der Waals surface area contributed by atoms with Crippen LogP contribution in [0.4, 0.5) is 5.82 Å². The van der Waals surface area contributed by atoms with Gasteiger partial charge in [0.05, 0.1) is 5.69 Å². The van der Waals surface area contributed by atoms with Gasteiger partial charge in [0.25, 0.3) is 0 Å². The van der Waals surface area contributed by atoms with Gasteiger partial charge in [0.1, 0.15) is 0 Å². The van der Waals surface area contributed by atoms with Gasteiger partial charge >= 0.3 is 0 Å². The molecule has 0 saturated carbocycles. The normalized spacial score (nSPS) is 10.9. The number of hydrogen-bond acceptors (Lipinski definition) is 3. The van der Waals surface area contributed by atoms with E-state index < -0.39 is 0 Å². The average molecular weight is 286 g/mol. The van der Waals surface area contributed by atoms with Crippen molar-refractivity contribution in [3.63, 3.8) is 0 Å². The zero-order chi connectivity index (χ0) is 15.2. The van der Waals surface area contributed by atoms with Gasteiger partial charge in [0.15, 0.2) is 5.82 Å². The van der Waals surface area contributed by atoms with Crippen LogP contribution >= 0.6 is 0 Å². The summed E-state index contributed by atoms with van der Waals surface area (Å²) in [6.07, 6.45) is 5.70. The predicted molar refractivity (Wildman–Crippen MR) is 83.9 cm³/mol. The number of aromatic nitrogens is 3. The van der Waals surface area contributed by atoms with Crippen LogP contribution in [0.3, 0.4) is 0 Å². The zero-order valence-electron chi connectivity index (χ0n) is 12.8. The highest BCUT2D eigenvalue weighted by Crippen LogP contribution is 2.26. The quantitative estimate of drug-likeness (QED) is 0.855. The molecule has 2 rings (SSSR count). The lowest BCUT2D eigenvalue weighted by molar-refractivity contribution is -0.116. The second kappa shape index (κ2) is 7.02. The molecule has 5 nitrogen and oxygen atoms in total. The molecular formula is C16H22N4O. The molecule has 0 aliphatic rings. The van der Waals surface area contributed by atoms with Crippen molar-refractivity contribution in [3.8, 4) is 11.3 Å². The van der Waals surface area contributed by atoms with Gasteiger partial charge in [-0.25, -0.2) is 0 Å². The van der Waals surface area contributed by atoms with E-state index in [1.165, 1.54) is 0 Å². The van der Waals surface area contributed by atoms with Gasteiger partial charge in [-0.15, -0.1) is 0 Å². The minimum atomic E-state index is 0.0196. The molecule has 0 bridgehead atoms. The van der Waals surface area contributed by atoms with Crippen molar-refractivity contribution < 1.29 is 4.79 Å². The van der Waals surface area contributed by atoms with E-state index in [0.29, 0.717) is 18.2 Å². The van der Waals surface area contributed by atoms with Crippen LogP contribution in [0.2, 0.25) is 0 Å². The van der Waals surface area contributed by atoms with E-state index in [4.69, 9.17) is 0 Å². The molecule has 5 heteroatoms. The number of carbonyl (C=O) groups excluding carboxylic acids is 1. The van der Waals surface area contributed by atoms with E-state index in [1.54, 1.807) is 12.4 Å². The molecule has 0 fully saturated rings. The molecule has 0 saturated heterocycles. The third kappa shape index (κ3) is 3.90. The van der Waals surface area contributed by atoms with E-state index in [9.17, 15) is 4.79 Å². The molecule has 1 amide bonds. The van der Waals surface area contributed by atoms with E-state index in [-0.39, 0.29) is 5.91 Å². The first kappa shape index (κ1) is 15.2. The van der Waals surface area contributed by atoms with Crippen molar-refractivity contribution in [2.75, 3.05) is 5.32 Å². The lowest BCUT2D eigenvalue weighted by Crippen LogP contribution is -2.13. The van der Waals surface area contributed by atoms with E-state index in [2.05, 4.69) is 41.3 Å². The highest BCUT2D eigenvalue weighted by molar-refractivity contribution is 5.91. The fourth-order valence-corrected chi connectivity index (χ4v) is 2.18.